The number of ketones is 1. The van der Waals surface area contributed by atoms with Crippen molar-refractivity contribution in [3.63, 3.8) is 0 Å². The minimum Gasteiger partial charge on any atom is -0.313 e. The zero-order valence-corrected chi connectivity index (χ0v) is 9.71. The molecular weight excluding hydrogens is 186 g/mol. The van der Waals surface area contributed by atoms with Gasteiger partial charge in [-0.2, -0.15) is 0 Å². The molecule has 82 valence electrons. The quantitative estimate of drug-likeness (QED) is 0.747. The molecule has 0 aromatic heterocycles. The Morgan fingerprint density at radius 1 is 1.40 bits per heavy atom. The number of carbonyl (C=O) groups excluding carboxylic acids is 1. The van der Waals surface area contributed by atoms with E-state index in [0.717, 1.165) is 12.0 Å². The van der Waals surface area contributed by atoms with Gasteiger partial charge in [-0.1, -0.05) is 32.0 Å². The molecule has 0 aliphatic rings. The molecule has 0 heterocycles. The maximum atomic E-state index is 11.6. The number of benzene rings is 1. The third kappa shape index (κ3) is 3.84. The molecule has 1 aromatic carbocycles. The molecule has 1 aromatic rings. The Labute approximate surface area is 91.7 Å². The van der Waals surface area contributed by atoms with Gasteiger partial charge < -0.3 is 5.32 Å². The van der Waals surface area contributed by atoms with Gasteiger partial charge in [0, 0.05) is 5.56 Å². The van der Waals surface area contributed by atoms with Crippen molar-refractivity contribution in [3.05, 3.63) is 35.4 Å². The minimum atomic E-state index is 0.156. The highest BCUT2D eigenvalue weighted by atomic mass is 16.1. The Hall–Kier alpha value is -1.15. The average Bonchev–Trinajstić information content (AvgIpc) is 2.17. The number of rotatable bonds is 5. The Balaban J connectivity index is 2.78. The predicted molar refractivity (Wildman–Crippen MR) is 63.2 cm³/mol. The van der Waals surface area contributed by atoms with Gasteiger partial charge in [0.2, 0.25) is 0 Å². The molecule has 0 spiro atoms. The van der Waals surface area contributed by atoms with Crippen LogP contribution in [0.2, 0.25) is 0 Å². The van der Waals surface area contributed by atoms with Crippen LogP contribution in [0.1, 0.15) is 29.8 Å². The Kier molecular flexibility index (Phi) is 4.50. The van der Waals surface area contributed by atoms with Gasteiger partial charge in [-0.05, 0) is 31.0 Å². The molecule has 0 aliphatic heterocycles. The van der Waals surface area contributed by atoms with Crippen LogP contribution in [0.4, 0.5) is 0 Å². The van der Waals surface area contributed by atoms with Crippen molar-refractivity contribution in [3.8, 4) is 0 Å². The van der Waals surface area contributed by atoms with E-state index in [1.54, 1.807) is 7.05 Å². The first-order valence-corrected chi connectivity index (χ1v) is 5.40. The molecule has 1 N–H and O–H groups in total. The lowest BCUT2D eigenvalue weighted by atomic mass is 10.00. The van der Waals surface area contributed by atoms with Crippen LogP contribution in [0.5, 0.6) is 0 Å². The second kappa shape index (κ2) is 5.66. The van der Waals surface area contributed by atoms with E-state index in [1.807, 2.05) is 18.2 Å². The van der Waals surface area contributed by atoms with Crippen LogP contribution in [0.15, 0.2) is 24.3 Å². The summed E-state index contributed by atoms with van der Waals surface area (Å²) in [4.78, 5) is 11.6. The smallest absolute Gasteiger partial charge is 0.176 e. The zero-order chi connectivity index (χ0) is 11.3. The molecule has 0 aliphatic carbocycles. The highest BCUT2D eigenvalue weighted by Crippen LogP contribution is 2.10. The van der Waals surface area contributed by atoms with E-state index in [0.29, 0.717) is 12.5 Å². The molecule has 2 heteroatoms. The number of carbonyl (C=O) groups is 1. The van der Waals surface area contributed by atoms with E-state index in [2.05, 4.69) is 25.2 Å². The maximum Gasteiger partial charge on any atom is 0.176 e. The summed E-state index contributed by atoms with van der Waals surface area (Å²) in [6.07, 6.45) is 1.03. The second-order valence-electron chi connectivity index (χ2n) is 4.25. The van der Waals surface area contributed by atoms with Crippen molar-refractivity contribution in [2.24, 2.45) is 5.92 Å². The van der Waals surface area contributed by atoms with Gasteiger partial charge in [0.15, 0.2) is 5.78 Å². The second-order valence-corrected chi connectivity index (χ2v) is 4.25. The highest BCUT2D eigenvalue weighted by molar-refractivity contribution is 5.97. The monoisotopic (exact) mass is 205 g/mol. The standard InChI is InChI=1S/C13H19NO/c1-10(2)7-11-5-4-6-12(8-11)13(15)9-14-3/h4-6,8,10,14H,7,9H2,1-3H3. The van der Waals surface area contributed by atoms with Crippen molar-refractivity contribution >= 4 is 5.78 Å². The Morgan fingerprint density at radius 3 is 2.73 bits per heavy atom. The highest BCUT2D eigenvalue weighted by Gasteiger charge is 2.05. The Bertz CT molecular complexity index is 331. The van der Waals surface area contributed by atoms with Gasteiger partial charge in [0.05, 0.1) is 6.54 Å². The number of hydrogen-bond acceptors (Lipinski definition) is 2. The molecular formula is C13H19NO. The van der Waals surface area contributed by atoms with Crippen molar-refractivity contribution in [2.75, 3.05) is 13.6 Å². The van der Waals surface area contributed by atoms with Crippen molar-refractivity contribution < 1.29 is 4.79 Å². The third-order valence-electron chi connectivity index (χ3n) is 2.23. The average molecular weight is 205 g/mol. The van der Waals surface area contributed by atoms with Crippen LogP contribution >= 0.6 is 0 Å². The van der Waals surface area contributed by atoms with E-state index < -0.39 is 0 Å². The van der Waals surface area contributed by atoms with Crippen molar-refractivity contribution in [1.29, 1.82) is 0 Å². The first kappa shape index (κ1) is 11.9. The summed E-state index contributed by atoms with van der Waals surface area (Å²) in [5.41, 5.74) is 2.05. The van der Waals surface area contributed by atoms with E-state index in [1.165, 1.54) is 5.56 Å². The molecule has 0 amide bonds. The fourth-order valence-corrected chi connectivity index (χ4v) is 1.61. The largest absolute Gasteiger partial charge is 0.313 e. The minimum absolute atomic E-state index is 0.156. The van der Waals surface area contributed by atoms with Gasteiger partial charge in [-0.25, -0.2) is 0 Å². The lowest BCUT2D eigenvalue weighted by molar-refractivity contribution is 0.0993. The number of nitrogens with one attached hydrogen (secondary N) is 1. The van der Waals surface area contributed by atoms with Crippen LogP contribution in [-0.4, -0.2) is 19.4 Å². The molecule has 0 bridgehead atoms. The number of likely N-dealkylation sites (N-methyl/N-ethyl adjacent to an activating group) is 1. The Morgan fingerprint density at radius 2 is 2.13 bits per heavy atom. The van der Waals surface area contributed by atoms with Gasteiger partial charge >= 0.3 is 0 Å². The zero-order valence-electron chi connectivity index (χ0n) is 9.71. The summed E-state index contributed by atoms with van der Waals surface area (Å²) in [5, 5.41) is 2.88. The molecule has 15 heavy (non-hydrogen) atoms. The SMILES string of the molecule is CNCC(=O)c1cccc(CC(C)C)c1. The van der Waals surface area contributed by atoms with Crippen LogP contribution in [-0.2, 0) is 6.42 Å². The molecule has 0 saturated heterocycles. The van der Waals surface area contributed by atoms with E-state index in [-0.39, 0.29) is 5.78 Å². The number of hydrogen-bond donors (Lipinski definition) is 1. The van der Waals surface area contributed by atoms with Gasteiger partial charge in [-0.3, -0.25) is 4.79 Å². The maximum absolute atomic E-state index is 11.6. The molecule has 2 nitrogen and oxygen atoms in total. The third-order valence-corrected chi connectivity index (χ3v) is 2.23. The summed E-state index contributed by atoms with van der Waals surface area (Å²) >= 11 is 0. The van der Waals surface area contributed by atoms with Gasteiger partial charge in [0.25, 0.3) is 0 Å². The van der Waals surface area contributed by atoms with Crippen LogP contribution in [0.3, 0.4) is 0 Å². The van der Waals surface area contributed by atoms with Crippen molar-refractivity contribution in [2.45, 2.75) is 20.3 Å². The van der Waals surface area contributed by atoms with E-state index in [4.69, 9.17) is 0 Å². The normalized spacial score (nSPS) is 10.7. The molecule has 0 radical (unpaired) electrons. The summed E-state index contributed by atoms with van der Waals surface area (Å²) in [6.45, 7) is 4.77. The van der Waals surface area contributed by atoms with E-state index in [9.17, 15) is 4.79 Å². The van der Waals surface area contributed by atoms with Crippen molar-refractivity contribution in [1.82, 2.24) is 5.32 Å². The summed E-state index contributed by atoms with van der Waals surface area (Å²) < 4.78 is 0. The molecule has 1 rings (SSSR count). The predicted octanol–water partition coefficient (Wildman–Crippen LogP) is 2.29. The van der Waals surface area contributed by atoms with Crippen LogP contribution < -0.4 is 5.32 Å². The fourth-order valence-electron chi connectivity index (χ4n) is 1.61. The summed E-state index contributed by atoms with van der Waals surface area (Å²) in [7, 11) is 1.79. The van der Waals surface area contributed by atoms with Gasteiger partial charge in [0.1, 0.15) is 0 Å². The first-order chi connectivity index (χ1) is 7.13. The summed E-state index contributed by atoms with van der Waals surface area (Å²) in [5.74, 6) is 0.780. The van der Waals surface area contributed by atoms with Gasteiger partial charge in [-0.15, -0.1) is 0 Å². The first-order valence-electron chi connectivity index (χ1n) is 5.40. The summed E-state index contributed by atoms with van der Waals surface area (Å²) in [6, 6.07) is 7.92. The lowest BCUT2D eigenvalue weighted by Crippen LogP contribution is -2.18. The number of Topliss-reactive ketones (excluding diaryl/α,β-unsaturated/α-hetero) is 1. The molecule has 0 saturated carbocycles. The fraction of sp³-hybridized carbons (Fsp3) is 0.462. The molecule has 0 atom stereocenters. The molecule has 0 fully saturated rings. The lowest BCUT2D eigenvalue weighted by Gasteiger charge is -2.06. The van der Waals surface area contributed by atoms with E-state index >= 15 is 0 Å². The molecule has 0 unspecified atom stereocenters. The van der Waals surface area contributed by atoms with Crippen LogP contribution in [0, 0.1) is 5.92 Å². The van der Waals surface area contributed by atoms with Crippen LogP contribution in [0.25, 0.3) is 0 Å². The topological polar surface area (TPSA) is 29.1 Å².